The number of alkyl halides is 3. The Morgan fingerprint density at radius 1 is 1.03 bits per heavy atom. The summed E-state index contributed by atoms with van der Waals surface area (Å²) < 4.78 is 77.5. The van der Waals surface area contributed by atoms with E-state index < -0.39 is 38.6 Å². The van der Waals surface area contributed by atoms with Gasteiger partial charge in [0, 0.05) is 11.6 Å². The molecule has 4 nitrogen and oxygen atoms in total. The van der Waals surface area contributed by atoms with Crippen molar-refractivity contribution in [3.8, 4) is 0 Å². The minimum Gasteiger partial charge on any atom is -0.349 e. The lowest BCUT2D eigenvalue weighted by molar-refractivity contribution is -0.137. The van der Waals surface area contributed by atoms with Crippen LogP contribution in [0.25, 0.3) is 0 Å². The second-order valence-corrected chi connectivity index (χ2v) is 9.78. The summed E-state index contributed by atoms with van der Waals surface area (Å²) in [6.07, 6.45) is -3.52. The lowest BCUT2D eigenvalue weighted by atomic mass is 9.94. The van der Waals surface area contributed by atoms with Gasteiger partial charge in [-0.25, -0.2) is 12.8 Å². The molecule has 3 rings (SSSR count). The third-order valence-electron chi connectivity index (χ3n) is 5.12. The van der Waals surface area contributed by atoms with Gasteiger partial charge in [-0.15, -0.1) is 0 Å². The lowest BCUT2D eigenvalue weighted by Crippen LogP contribution is -2.40. The molecular formula is C20H18ClF4NO3S. The number of hydrogen-bond donors (Lipinski definition) is 1. The Morgan fingerprint density at radius 2 is 1.70 bits per heavy atom. The molecule has 1 N–H and O–H groups in total. The fourth-order valence-corrected chi connectivity index (χ4v) is 5.48. The molecule has 0 unspecified atom stereocenters. The highest BCUT2D eigenvalue weighted by Gasteiger charge is 2.35. The Hall–Kier alpha value is -2.13. The van der Waals surface area contributed by atoms with Gasteiger partial charge >= 0.3 is 6.18 Å². The molecule has 1 aliphatic rings. The van der Waals surface area contributed by atoms with Gasteiger partial charge in [0.15, 0.2) is 9.84 Å². The Labute approximate surface area is 176 Å². The molecule has 30 heavy (non-hydrogen) atoms. The van der Waals surface area contributed by atoms with Crippen LogP contribution >= 0.6 is 11.6 Å². The molecule has 0 bridgehead atoms. The maximum atomic E-state index is 13.2. The first-order chi connectivity index (χ1) is 14.0. The van der Waals surface area contributed by atoms with Gasteiger partial charge in [-0.1, -0.05) is 17.7 Å². The Morgan fingerprint density at radius 3 is 2.30 bits per heavy atom. The largest absolute Gasteiger partial charge is 0.416 e. The maximum Gasteiger partial charge on any atom is 0.416 e. The van der Waals surface area contributed by atoms with E-state index in [4.69, 9.17) is 11.6 Å². The number of halogens is 5. The van der Waals surface area contributed by atoms with Crippen molar-refractivity contribution < 1.29 is 30.8 Å². The van der Waals surface area contributed by atoms with Gasteiger partial charge in [0.2, 0.25) is 0 Å². The van der Waals surface area contributed by atoms with E-state index in [1.54, 1.807) is 0 Å². The molecule has 2 aromatic carbocycles. The Bertz CT molecular complexity index is 1050. The number of rotatable bonds is 4. The summed E-state index contributed by atoms with van der Waals surface area (Å²) >= 11 is 5.68. The quantitative estimate of drug-likeness (QED) is 0.648. The van der Waals surface area contributed by atoms with Gasteiger partial charge in [-0.05, 0) is 62.1 Å². The number of carbonyl (C=O) groups excluding carboxylic acids is 1. The zero-order valence-corrected chi connectivity index (χ0v) is 17.1. The summed E-state index contributed by atoms with van der Waals surface area (Å²) in [5.41, 5.74) is -0.831. The highest BCUT2D eigenvalue weighted by Crippen LogP contribution is 2.33. The van der Waals surface area contributed by atoms with E-state index in [0.29, 0.717) is 18.9 Å². The van der Waals surface area contributed by atoms with Crippen molar-refractivity contribution in [2.45, 2.75) is 48.0 Å². The molecule has 0 aromatic heterocycles. The molecule has 0 radical (unpaired) electrons. The first-order valence-electron chi connectivity index (χ1n) is 9.15. The van der Waals surface area contributed by atoms with E-state index >= 15 is 0 Å². The first kappa shape index (κ1) is 22.6. The summed E-state index contributed by atoms with van der Waals surface area (Å²) in [5.74, 6) is -1.10. The zero-order valence-electron chi connectivity index (χ0n) is 15.5. The second-order valence-electron chi connectivity index (χ2n) is 7.15. The van der Waals surface area contributed by atoms with Crippen LogP contribution in [0.5, 0.6) is 0 Å². The summed E-state index contributed by atoms with van der Waals surface area (Å²) in [4.78, 5) is 11.9. The van der Waals surface area contributed by atoms with Crippen molar-refractivity contribution in [2.75, 3.05) is 0 Å². The van der Waals surface area contributed by atoms with E-state index in [9.17, 15) is 30.8 Å². The van der Waals surface area contributed by atoms with Gasteiger partial charge in [0.1, 0.15) is 5.82 Å². The molecule has 2 aromatic rings. The van der Waals surface area contributed by atoms with Crippen LogP contribution in [0.2, 0.25) is 5.02 Å². The van der Waals surface area contributed by atoms with Crippen molar-refractivity contribution in [3.63, 3.8) is 0 Å². The predicted molar refractivity (Wildman–Crippen MR) is 104 cm³/mol. The van der Waals surface area contributed by atoms with Crippen LogP contribution in [0.15, 0.2) is 47.4 Å². The fraction of sp³-hybridized carbons (Fsp3) is 0.350. The van der Waals surface area contributed by atoms with Gasteiger partial charge in [-0.2, -0.15) is 13.2 Å². The van der Waals surface area contributed by atoms with E-state index in [2.05, 4.69) is 5.32 Å². The van der Waals surface area contributed by atoms with Gasteiger partial charge in [-0.3, -0.25) is 4.79 Å². The molecule has 162 valence electrons. The molecule has 0 saturated heterocycles. The average molecular weight is 464 g/mol. The van der Waals surface area contributed by atoms with Crippen LogP contribution in [0.1, 0.15) is 41.6 Å². The molecule has 10 heteroatoms. The van der Waals surface area contributed by atoms with E-state index in [-0.39, 0.29) is 34.4 Å². The second kappa shape index (κ2) is 8.55. The van der Waals surface area contributed by atoms with Crippen LogP contribution in [-0.4, -0.2) is 25.6 Å². The average Bonchev–Trinajstić information content (AvgIpc) is 2.70. The molecule has 1 amide bonds. The summed E-state index contributed by atoms with van der Waals surface area (Å²) in [6, 6.07) is 7.00. The van der Waals surface area contributed by atoms with Crippen molar-refractivity contribution in [1.29, 1.82) is 0 Å². The van der Waals surface area contributed by atoms with Crippen molar-refractivity contribution >= 4 is 27.3 Å². The molecule has 1 aliphatic carbocycles. The number of nitrogens with one attached hydrogen (secondary N) is 1. The van der Waals surface area contributed by atoms with E-state index in [1.807, 2.05) is 0 Å². The van der Waals surface area contributed by atoms with Gasteiger partial charge in [0.05, 0.1) is 20.7 Å². The van der Waals surface area contributed by atoms with Crippen molar-refractivity contribution in [3.05, 3.63) is 64.4 Å². The molecule has 0 atom stereocenters. The monoisotopic (exact) mass is 463 g/mol. The van der Waals surface area contributed by atoms with Crippen molar-refractivity contribution in [2.24, 2.45) is 0 Å². The highest BCUT2D eigenvalue weighted by atomic mass is 35.5. The summed E-state index contributed by atoms with van der Waals surface area (Å²) in [7, 11) is -3.93. The maximum absolute atomic E-state index is 13.2. The molecule has 0 aliphatic heterocycles. The van der Waals surface area contributed by atoms with Crippen LogP contribution in [-0.2, 0) is 16.0 Å². The third-order valence-corrected chi connectivity index (χ3v) is 7.67. The molecule has 1 saturated carbocycles. The standard InChI is InChI=1S/C20H18ClF4NO3S/c21-17-10-12(4-9-18(17)22)19(27)26-14-5-7-15(8-6-14)30(28,29)16-3-1-2-13(11-16)20(23,24)25/h1-4,9-11,14-15H,5-8H2,(H,26,27). The Kier molecular flexibility index (Phi) is 6.43. The summed E-state index contributed by atoms with van der Waals surface area (Å²) in [6.45, 7) is 0. The van der Waals surface area contributed by atoms with E-state index in [1.165, 1.54) is 12.1 Å². The molecule has 0 heterocycles. The van der Waals surface area contributed by atoms with Gasteiger partial charge < -0.3 is 5.32 Å². The minimum absolute atomic E-state index is 0.181. The van der Waals surface area contributed by atoms with Crippen LogP contribution < -0.4 is 5.32 Å². The highest BCUT2D eigenvalue weighted by molar-refractivity contribution is 7.92. The third kappa shape index (κ3) is 4.95. The first-order valence-corrected chi connectivity index (χ1v) is 11.1. The number of benzene rings is 2. The normalized spacial score (nSPS) is 20.0. The van der Waals surface area contributed by atoms with Crippen LogP contribution in [0, 0.1) is 5.82 Å². The van der Waals surface area contributed by atoms with Crippen LogP contribution in [0.4, 0.5) is 17.6 Å². The van der Waals surface area contributed by atoms with E-state index in [0.717, 1.165) is 24.3 Å². The topological polar surface area (TPSA) is 63.2 Å². The Balaban J connectivity index is 1.65. The SMILES string of the molecule is O=C(NC1CCC(S(=O)(=O)c2cccc(C(F)(F)F)c2)CC1)c1ccc(F)c(Cl)c1. The molecule has 1 fully saturated rings. The number of carbonyl (C=O) groups is 1. The minimum atomic E-state index is -4.63. The predicted octanol–water partition coefficient (Wildman–Crippen LogP) is 5.01. The molecular weight excluding hydrogens is 446 g/mol. The fourth-order valence-electron chi connectivity index (χ4n) is 3.47. The smallest absolute Gasteiger partial charge is 0.349 e. The zero-order chi connectivity index (χ0) is 22.1. The van der Waals surface area contributed by atoms with Gasteiger partial charge in [0.25, 0.3) is 5.91 Å². The summed E-state index contributed by atoms with van der Waals surface area (Å²) in [5, 5.41) is 1.75. The number of sulfone groups is 1. The lowest BCUT2D eigenvalue weighted by Gasteiger charge is -2.29. The molecule has 0 spiro atoms. The number of amides is 1. The van der Waals surface area contributed by atoms with Crippen molar-refractivity contribution in [1.82, 2.24) is 5.32 Å². The number of hydrogen-bond acceptors (Lipinski definition) is 3. The van der Waals surface area contributed by atoms with Crippen LogP contribution in [0.3, 0.4) is 0 Å².